The van der Waals surface area contributed by atoms with E-state index in [1.807, 2.05) is 0 Å². The SMILES string of the molecule is NCCCC(=O)Nc1ccc(NC(=O)C2CCCCC2)c(Cl)c1. The van der Waals surface area contributed by atoms with E-state index >= 15 is 0 Å². The lowest BCUT2D eigenvalue weighted by Crippen LogP contribution is -2.24. The van der Waals surface area contributed by atoms with Crippen molar-refractivity contribution in [1.82, 2.24) is 0 Å². The van der Waals surface area contributed by atoms with Gasteiger partial charge in [0.15, 0.2) is 0 Å². The molecule has 0 bridgehead atoms. The normalized spacial score (nSPS) is 15.2. The molecular weight excluding hydrogens is 314 g/mol. The van der Waals surface area contributed by atoms with Gasteiger partial charge in [0.25, 0.3) is 0 Å². The predicted octanol–water partition coefficient (Wildman–Crippen LogP) is 3.54. The molecule has 0 atom stereocenters. The van der Waals surface area contributed by atoms with Crippen LogP contribution >= 0.6 is 11.6 Å². The smallest absolute Gasteiger partial charge is 0.227 e. The summed E-state index contributed by atoms with van der Waals surface area (Å²) in [6.07, 6.45) is 6.35. The predicted molar refractivity (Wildman–Crippen MR) is 93.6 cm³/mol. The van der Waals surface area contributed by atoms with Crippen molar-refractivity contribution < 1.29 is 9.59 Å². The monoisotopic (exact) mass is 337 g/mol. The lowest BCUT2D eigenvalue weighted by molar-refractivity contribution is -0.120. The maximum absolute atomic E-state index is 12.2. The van der Waals surface area contributed by atoms with Crippen molar-refractivity contribution in [2.45, 2.75) is 44.9 Å². The fraction of sp³-hybridized carbons (Fsp3) is 0.529. The van der Waals surface area contributed by atoms with Crippen molar-refractivity contribution >= 4 is 34.8 Å². The summed E-state index contributed by atoms with van der Waals surface area (Å²) in [5.74, 6) is 0.0206. The highest BCUT2D eigenvalue weighted by molar-refractivity contribution is 6.34. The first-order valence-corrected chi connectivity index (χ1v) is 8.58. The van der Waals surface area contributed by atoms with Crippen LogP contribution in [-0.4, -0.2) is 18.4 Å². The molecule has 0 radical (unpaired) electrons. The van der Waals surface area contributed by atoms with E-state index in [4.69, 9.17) is 17.3 Å². The molecule has 0 saturated heterocycles. The number of nitrogens with two attached hydrogens (primary N) is 1. The van der Waals surface area contributed by atoms with E-state index in [-0.39, 0.29) is 17.7 Å². The molecule has 1 aromatic rings. The molecule has 2 amide bonds. The van der Waals surface area contributed by atoms with Gasteiger partial charge in [0.05, 0.1) is 10.7 Å². The third kappa shape index (κ3) is 5.52. The van der Waals surface area contributed by atoms with Gasteiger partial charge >= 0.3 is 0 Å². The second-order valence-corrected chi connectivity index (χ2v) is 6.37. The van der Waals surface area contributed by atoms with Crippen LogP contribution in [0.3, 0.4) is 0 Å². The molecule has 0 spiro atoms. The number of benzene rings is 1. The molecule has 2 rings (SSSR count). The molecule has 23 heavy (non-hydrogen) atoms. The van der Waals surface area contributed by atoms with Gasteiger partial charge in [-0.15, -0.1) is 0 Å². The molecule has 1 aliphatic rings. The minimum absolute atomic E-state index is 0.0336. The number of anilines is 2. The fourth-order valence-electron chi connectivity index (χ4n) is 2.78. The fourth-order valence-corrected chi connectivity index (χ4v) is 3.01. The zero-order valence-electron chi connectivity index (χ0n) is 13.2. The van der Waals surface area contributed by atoms with Gasteiger partial charge in [-0.3, -0.25) is 9.59 Å². The number of carbonyl (C=O) groups excluding carboxylic acids is 2. The second-order valence-electron chi connectivity index (χ2n) is 5.96. The van der Waals surface area contributed by atoms with Crippen molar-refractivity contribution in [3.8, 4) is 0 Å². The number of hydrogen-bond donors (Lipinski definition) is 3. The maximum atomic E-state index is 12.2. The summed E-state index contributed by atoms with van der Waals surface area (Å²) in [5.41, 5.74) is 6.58. The molecule has 126 valence electrons. The van der Waals surface area contributed by atoms with Crippen LogP contribution in [0.2, 0.25) is 5.02 Å². The first-order chi connectivity index (χ1) is 11.1. The van der Waals surface area contributed by atoms with Crippen LogP contribution in [0.25, 0.3) is 0 Å². The van der Waals surface area contributed by atoms with Crippen molar-refractivity contribution in [1.29, 1.82) is 0 Å². The molecule has 0 heterocycles. The Morgan fingerprint density at radius 1 is 1.17 bits per heavy atom. The van der Waals surface area contributed by atoms with Crippen LogP contribution in [-0.2, 0) is 9.59 Å². The highest BCUT2D eigenvalue weighted by Crippen LogP contribution is 2.29. The lowest BCUT2D eigenvalue weighted by Gasteiger charge is -2.21. The Morgan fingerprint density at radius 3 is 2.57 bits per heavy atom. The standard InChI is InChI=1S/C17H24ClN3O2/c18-14-11-13(20-16(22)7-4-10-19)8-9-15(14)21-17(23)12-5-2-1-3-6-12/h8-9,11-12H,1-7,10,19H2,(H,20,22)(H,21,23). The summed E-state index contributed by atoms with van der Waals surface area (Å²) < 4.78 is 0. The zero-order chi connectivity index (χ0) is 16.7. The summed E-state index contributed by atoms with van der Waals surface area (Å²) in [6, 6.07) is 5.11. The van der Waals surface area contributed by atoms with E-state index in [1.54, 1.807) is 18.2 Å². The summed E-state index contributed by atoms with van der Waals surface area (Å²) in [6.45, 7) is 0.486. The van der Waals surface area contributed by atoms with Gasteiger partial charge in [-0.05, 0) is 44.0 Å². The Hall–Kier alpha value is -1.59. The van der Waals surface area contributed by atoms with Crippen molar-refractivity contribution in [3.05, 3.63) is 23.2 Å². The summed E-state index contributed by atoms with van der Waals surface area (Å²) in [7, 11) is 0. The number of carbonyl (C=O) groups is 2. The molecule has 1 aromatic carbocycles. The van der Waals surface area contributed by atoms with Crippen LogP contribution < -0.4 is 16.4 Å². The Bertz CT molecular complexity index is 557. The molecule has 0 unspecified atom stereocenters. The minimum atomic E-state index is -0.0921. The van der Waals surface area contributed by atoms with Crippen molar-refractivity contribution in [2.24, 2.45) is 11.7 Å². The largest absolute Gasteiger partial charge is 0.330 e. The second kappa shape index (κ2) is 8.89. The third-order valence-corrected chi connectivity index (χ3v) is 4.41. The summed E-state index contributed by atoms with van der Waals surface area (Å²) in [5, 5.41) is 6.09. The molecule has 1 aliphatic carbocycles. The molecule has 5 nitrogen and oxygen atoms in total. The van der Waals surface area contributed by atoms with E-state index in [2.05, 4.69) is 10.6 Å². The molecule has 0 aromatic heterocycles. The van der Waals surface area contributed by atoms with E-state index in [9.17, 15) is 9.59 Å². The Balaban J connectivity index is 1.93. The number of halogens is 1. The topological polar surface area (TPSA) is 84.2 Å². The maximum Gasteiger partial charge on any atom is 0.227 e. The van der Waals surface area contributed by atoms with Gasteiger partial charge in [-0.2, -0.15) is 0 Å². The average molecular weight is 338 g/mol. The molecule has 4 N–H and O–H groups in total. The van der Waals surface area contributed by atoms with Crippen molar-refractivity contribution in [2.75, 3.05) is 17.2 Å². The van der Waals surface area contributed by atoms with Gasteiger partial charge in [0, 0.05) is 18.0 Å². The molecule has 6 heteroatoms. The van der Waals surface area contributed by atoms with E-state index in [1.165, 1.54) is 6.42 Å². The van der Waals surface area contributed by atoms with E-state index in [0.29, 0.717) is 35.8 Å². The van der Waals surface area contributed by atoms with E-state index < -0.39 is 0 Å². The van der Waals surface area contributed by atoms with Crippen molar-refractivity contribution in [3.63, 3.8) is 0 Å². The minimum Gasteiger partial charge on any atom is -0.330 e. The van der Waals surface area contributed by atoms with E-state index in [0.717, 1.165) is 25.7 Å². The summed E-state index contributed by atoms with van der Waals surface area (Å²) in [4.78, 5) is 23.9. The van der Waals surface area contributed by atoms with Crippen LogP contribution in [0.4, 0.5) is 11.4 Å². The first-order valence-electron chi connectivity index (χ1n) is 8.20. The van der Waals surface area contributed by atoms with Crippen LogP contribution in [0.5, 0.6) is 0 Å². The van der Waals surface area contributed by atoms with Gasteiger partial charge in [0.1, 0.15) is 0 Å². The molecule has 1 fully saturated rings. The lowest BCUT2D eigenvalue weighted by atomic mass is 9.88. The highest BCUT2D eigenvalue weighted by Gasteiger charge is 2.21. The number of hydrogen-bond acceptors (Lipinski definition) is 3. The van der Waals surface area contributed by atoms with Gasteiger partial charge in [-0.25, -0.2) is 0 Å². The zero-order valence-corrected chi connectivity index (χ0v) is 14.0. The Kier molecular flexibility index (Phi) is 6.86. The molecule has 0 aliphatic heterocycles. The Labute approximate surface area is 142 Å². The van der Waals surface area contributed by atoms with Gasteiger partial charge < -0.3 is 16.4 Å². The number of nitrogens with one attached hydrogen (secondary N) is 2. The van der Waals surface area contributed by atoms with Crippen LogP contribution in [0.1, 0.15) is 44.9 Å². The van der Waals surface area contributed by atoms with Crippen LogP contribution in [0.15, 0.2) is 18.2 Å². The average Bonchev–Trinajstić information content (AvgIpc) is 2.56. The number of amides is 2. The quantitative estimate of drug-likeness (QED) is 0.742. The first kappa shape index (κ1) is 17.8. The van der Waals surface area contributed by atoms with Crippen LogP contribution in [0, 0.1) is 5.92 Å². The molecule has 1 saturated carbocycles. The number of rotatable bonds is 6. The van der Waals surface area contributed by atoms with Gasteiger partial charge in [-0.1, -0.05) is 30.9 Å². The summed E-state index contributed by atoms with van der Waals surface area (Å²) >= 11 is 6.21. The molecular formula is C17H24ClN3O2. The third-order valence-electron chi connectivity index (χ3n) is 4.09. The van der Waals surface area contributed by atoms with Gasteiger partial charge in [0.2, 0.25) is 11.8 Å². The Morgan fingerprint density at radius 2 is 1.91 bits per heavy atom. The highest BCUT2D eigenvalue weighted by atomic mass is 35.5.